The Bertz CT molecular complexity index is 396. The van der Waals surface area contributed by atoms with Crippen LogP contribution in [0.2, 0.25) is 0 Å². The van der Waals surface area contributed by atoms with E-state index in [0.29, 0.717) is 6.54 Å². The lowest BCUT2D eigenvalue weighted by atomic mass is 10.2. The van der Waals surface area contributed by atoms with E-state index < -0.39 is 17.6 Å². The van der Waals surface area contributed by atoms with Crippen molar-refractivity contribution in [1.82, 2.24) is 0 Å². The summed E-state index contributed by atoms with van der Waals surface area (Å²) in [5.74, 6) is -2.02. The second kappa shape index (κ2) is 6.18. The third-order valence-electron chi connectivity index (χ3n) is 2.34. The first-order valence-electron chi connectivity index (χ1n) is 5.46. The second-order valence-electron chi connectivity index (χ2n) is 3.73. The molecule has 17 heavy (non-hydrogen) atoms. The number of nitrogens with zero attached hydrogens (tertiary/aromatic N) is 1. The molecule has 5 heteroatoms. The van der Waals surface area contributed by atoms with E-state index in [4.69, 9.17) is 5.11 Å². The van der Waals surface area contributed by atoms with Crippen LogP contribution in [0.25, 0.3) is 0 Å². The topological polar surface area (TPSA) is 40.5 Å². The maximum absolute atomic E-state index is 13.5. The summed E-state index contributed by atoms with van der Waals surface area (Å²) in [6.45, 7) is 2.56. The van der Waals surface area contributed by atoms with Crippen molar-refractivity contribution in [1.29, 1.82) is 0 Å². The fourth-order valence-corrected chi connectivity index (χ4v) is 1.58. The van der Waals surface area contributed by atoms with E-state index in [2.05, 4.69) is 0 Å². The maximum atomic E-state index is 13.5. The normalized spacial score (nSPS) is 10.3. The quantitative estimate of drug-likeness (QED) is 0.835. The Morgan fingerprint density at radius 1 is 1.35 bits per heavy atom. The minimum absolute atomic E-state index is 0.101. The Labute approximate surface area is 98.7 Å². The van der Waals surface area contributed by atoms with E-state index in [9.17, 15) is 13.6 Å². The van der Waals surface area contributed by atoms with Crippen molar-refractivity contribution in [3.63, 3.8) is 0 Å². The smallest absolute Gasteiger partial charge is 0.305 e. The van der Waals surface area contributed by atoms with Gasteiger partial charge in [-0.05, 0) is 18.6 Å². The minimum atomic E-state index is -0.956. The molecule has 0 aromatic heterocycles. The third kappa shape index (κ3) is 4.01. The Balaban J connectivity index is 2.87. The monoisotopic (exact) mass is 243 g/mol. The SMILES string of the molecule is CCCN(CCC(=O)O)c1cc(F)ccc1F. The number of benzene rings is 1. The van der Waals surface area contributed by atoms with Gasteiger partial charge in [0.2, 0.25) is 0 Å². The predicted molar refractivity (Wildman–Crippen MR) is 61.1 cm³/mol. The van der Waals surface area contributed by atoms with E-state index in [1.807, 2.05) is 6.92 Å². The second-order valence-corrected chi connectivity index (χ2v) is 3.73. The molecule has 0 radical (unpaired) electrons. The van der Waals surface area contributed by atoms with Crippen molar-refractivity contribution in [3.8, 4) is 0 Å². The van der Waals surface area contributed by atoms with Gasteiger partial charge in [-0.1, -0.05) is 6.92 Å². The third-order valence-corrected chi connectivity index (χ3v) is 2.34. The number of aliphatic carboxylic acids is 1. The summed E-state index contributed by atoms with van der Waals surface area (Å²) in [4.78, 5) is 12.0. The molecule has 0 bridgehead atoms. The molecular weight excluding hydrogens is 228 g/mol. The number of anilines is 1. The highest BCUT2D eigenvalue weighted by Gasteiger charge is 2.13. The Morgan fingerprint density at radius 2 is 2.06 bits per heavy atom. The van der Waals surface area contributed by atoms with Gasteiger partial charge in [-0.3, -0.25) is 4.79 Å². The van der Waals surface area contributed by atoms with E-state index in [1.54, 1.807) is 4.90 Å². The van der Waals surface area contributed by atoms with Gasteiger partial charge in [-0.25, -0.2) is 8.78 Å². The molecule has 0 unspecified atom stereocenters. The Kier molecular flexibility index (Phi) is 4.87. The first-order chi connectivity index (χ1) is 8.04. The van der Waals surface area contributed by atoms with Gasteiger partial charge in [0.1, 0.15) is 11.6 Å². The number of rotatable bonds is 6. The van der Waals surface area contributed by atoms with Gasteiger partial charge in [0, 0.05) is 19.2 Å². The summed E-state index contributed by atoms with van der Waals surface area (Å²) >= 11 is 0. The molecule has 0 fully saturated rings. The predicted octanol–water partition coefficient (Wildman–Crippen LogP) is 2.66. The van der Waals surface area contributed by atoms with Gasteiger partial charge >= 0.3 is 5.97 Å². The molecule has 0 spiro atoms. The molecule has 1 rings (SSSR count). The van der Waals surface area contributed by atoms with Gasteiger partial charge < -0.3 is 10.0 Å². The number of hydrogen-bond donors (Lipinski definition) is 1. The van der Waals surface area contributed by atoms with Crippen LogP contribution in [0.4, 0.5) is 14.5 Å². The van der Waals surface area contributed by atoms with Crippen LogP contribution >= 0.6 is 0 Å². The van der Waals surface area contributed by atoms with Crippen LogP contribution in [0.15, 0.2) is 18.2 Å². The van der Waals surface area contributed by atoms with Crippen molar-refractivity contribution in [2.24, 2.45) is 0 Å². The zero-order valence-corrected chi connectivity index (χ0v) is 9.62. The molecule has 0 aliphatic rings. The van der Waals surface area contributed by atoms with Crippen molar-refractivity contribution in [3.05, 3.63) is 29.8 Å². The molecular formula is C12H15F2NO2. The average Bonchev–Trinajstić information content (AvgIpc) is 2.27. The Hall–Kier alpha value is -1.65. The largest absolute Gasteiger partial charge is 0.481 e. The van der Waals surface area contributed by atoms with E-state index in [-0.39, 0.29) is 18.7 Å². The molecule has 0 saturated carbocycles. The van der Waals surface area contributed by atoms with Crippen LogP contribution < -0.4 is 4.90 Å². The Morgan fingerprint density at radius 3 is 2.65 bits per heavy atom. The molecule has 0 saturated heterocycles. The summed E-state index contributed by atoms with van der Waals surface area (Å²) in [7, 11) is 0. The van der Waals surface area contributed by atoms with Gasteiger partial charge in [0.05, 0.1) is 12.1 Å². The van der Waals surface area contributed by atoms with Crippen LogP contribution in [0.5, 0.6) is 0 Å². The van der Waals surface area contributed by atoms with Crippen LogP contribution in [0.1, 0.15) is 19.8 Å². The van der Waals surface area contributed by atoms with Crippen molar-refractivity contribution in [2.45, 2.75) is 19.8 Å². The minimum Gasteiger partial charge on any atom is -0.481 e. The average molecular weight is 243 g/mol. The van der Waals surface area contributed by atoms with Crippen molar-refractivity contribution < 1.29 is 18.7 Å². The van der Waals surface area contributed by atoms with E-state index >= 15 is 0 Å². The molecule has 1 aromatic carbocycles. The van der Waals surface area contributed by atoms with Crippen molar-refractivity contribution in [2.75, 3.05) is 18.0 Å². The first-order valence-corrected chi connectivity index (χ1v) is 5.46. The van der Waals surface area contributed by atoms with Crippen LogP contribution in [-0.4, -0.2) is 24.2 Å². The number of halogens is 2. The first kappa shape index (κ1) is 13.4. The number of carboxylic acids is 1. The van der Waals surface area contributed by atoms with E-state index in [1.165, 1.54) is 0 Å². The molecule has 0 atom stereocenters. The zero-order valence-electron chi connectivity index (χ0n) is 9.62. The van der Waals surface area contributed by atoms with Gasteiger partial charge in [-0.15, -0.1) is 0 Å². The van der Waals surface area contributed by atoms with Crippen LogP contribution in [0.3, 0.4) is 0 Å². The van der Waals surface area contributed by atoms with Crippen LogP contribution in [-0.2, 0) is 4.79 Å². The molecule has 1 N–H and O–H groups in total. The van der Waals surface area contributed by atoms with Gasteiger partial charge in [0.15, 0.2) is 0 Å². The summed E-state index contributed by atoms with van der Waals surface area (Å²) in [5, 5.41) is 8.61. The highest BCUT2D eigenvalue weighted by Crippen LogP contribution is 2.21. The molecule has 1 aromatic rings. The van der Waals surface area contributed by atoms with E-state index in [0.717, 1.165) is 24.6 Å². The highest BCUT2D eigenvalue weighted by molar-refractivity contribution is 5.67. The molecule has 0 aliphatic carbocycles. The molecule has 0 heterocycles. The number of hydrogen-bond acceptors (Lipinski definition) is 2. The standard InChI is InChI=1S/C12H15F2NO2/c1-2-6-15(7-5-12(16)17)11-8-9(13)3-4-10(11)14/h3-4,8H,2,5-7H2,1H3,(H,16,17). The van der Waals surface area contributed by atoms with Gasteiger partial charge in [0.25, 0.3) is 0 Å². The molecule has 3 nitrogen and oxygen atoms in total. The summed E-state index contributed by atoms with van der Waals surface area (Å²) in [5.41, 5.74) is 0.119. The lowest BCUT2D eigenvalue weighted by molar-refractivity contribution is -0.136. The molecule has 94 valence electrons. The summed E-state index contributed by atoms with van der Waals surface area (Å²) in [6, 6.07) is 3.18. The zero-order chi connectivity index (χ0) is 12.8. The molecule has 0 aliphatic heterocycles. The number of carbonyl (C=O) groups is 1. The van der Waals surface area contributed by atoms with Crippen LogP contribution in [0, 0.1) is 11.6 Å². The lowest BCUT2D eigenvalue weighted by Gasteiger charge is -2.24. The maximum Gasteiger partial charge on any atom is 0.305 e. The van der Waals surface area contributed by atoms with Gasteiger partial charge in [-0.2, -0.15) is 0 Å². The molecule has 0 amide bonds. The summed E-state index contributed by atoms with van der Waals surface area (Å²) < 4.78 is 26.5. The lowest BCUT2D eigenvalue weighted by Crippen LogP contribution is -2.27. The fraction of sp³-hybridized carbons (Fsp3) is 0.417. The van der Waals surface area contributed by atoms with Crippen molar-refractivity contribution >= 4 is 11.7 Å². The number of carboxylic acid groups (broad SMARTS) is 1. The highest BCUT2D eigenvalue weighted by atomic mass is 19.1. The fourth-order valence-electron chi connectivity index (χ4n) is 1.58. The summed E-state index contributed by atoms with van der Waals surface area (Å²) in [6.07, 6.45) is 0.630.